The molecule has 0 bridgehead atoms. The molecule has 0 saturated heterocycles. The normalized spacial score (nSPS) is 18.3. The minimum atomic E-state index is -0.0243. The van der Waals surface area contributed by atoms with Gasteiger partial charge in [-0.1, -0.05) is 6.07 Å². The molecule has 24 heavy (non-hydrogen) atoms. The number of aryl methyl sites for hydroxylation is 1. The lowest BCUT2D eigenvalue weighted by Crippen LogP contribution is -2.16. The number of ketones is 1. The summed E-state index contributed by atoms with van der Waals surface area (Å²) in [5, 5.41) is 9.02. The van der Waals surface area contributed by atoms with Crippen molar-refractivity contribution < 1.29 is 14.3 Å². The van der Waals surface area contributed by atoms with E-state index >= 15 is 0 Å². The minimum Gasteiger partial charge on any atom is -0.492 e. The Morgan fingerprint density at radius 3 is 2.96 bits per heavy atom. The first-order valence-electron chi connectivity index (χ1n) is 8.16. The van der Waals surface area contributed by atoms with Crippen molar-refractivity contribution in [2.75, 3.05) is 6.61 Å². The van der Waals surface area contributed by atoms with E-state index in [9.17, 15) is 4.79 Å². The molecule has 0 spiro atoms. The Morgan fingerprint density at radius 2 is 2.12 bits per heavy atom. The monoisotopic (exact) mass is 319 g/mol. The van der Waals surface area contributed by atoms with Crippen LogP contribution >= 0.6 is 0 Å². The van der Waals surface area contributed by atoms with Gasteiger partial charge in [-0.05, 0) is 55.2 Å². The predicted octanol–water partition coefficient (Wildman–Crippen LogP) is 3.90. The first-order chi connectivity index (χ1) is 11.7. The first-order valence-corrected chi connectivity index (χ1v) is 8.16. The third kappa shape index (κ3) is 2.33. The summed E-state index contributed by atoms with van der Waals surface area (Å²) in [6.45, 7) is 2.36. The molecule has 2 aromatic rings. The number of Topliss-reactive ketones (excluding diaryl/α,β-unsaturated/α-hetero) is 1. The summed E-state index contributed by atoms with van der Waals surface area (Å²) in [6, 6.07) is 11.6. The van der Waals surface area contributed by atoms with Gasteiger partial charge >= 0.3 is 0 Å². The second-order valence-corrected chi connectivity index (χ2v) is 6.26. The van der Waals surface area contributed by atoms with Crippen molar-refractivity contribution in [1.29, 1.82) is 5.26 Å². The maximum Gasteiger partial charge on any atom is 0.170 e. The minimum absolute atomic E-state index is 0.0243. The van der Waals surface area contributed by atoms with Gasteiger partial charge < -0.3 is 9.47 Å². The van der Waals surface area contributed by atoms with Crippen molar-refractivity contribution in [1.82, 2.24) is 0 Å². The fourth-order valence-corrected chi connectivity index (χ4v) is 3.51. The quantitative estimate of drug-likeness (QED) is 0.842. The average molecular weight is 319 g/mol. The highest BCUT2D eigenvalue weighted by molar-refractivity contribution is 6.00. The smallest absolute Gasteiger partial charge is 0.170 e. The molecule has 0 saturated carbocycles. The highest BCUT2D eigenvalue weighted by atomic mass is 16.5. The highest BCUT2D eigenvalue weighted by Gasteiger charge is 2.27. The zero-order valence-corrected chi connectivity index (χ0v) is 13.5. The molecule has 0 radical (unpaired) electrons. The molecule has 4 heteroatoms. The first kappa shape index (κ1) is 14.8. The van der Waals surface area contributed by atoms with E-state index < -0.39 is 0 Å². The molecule has 0 N–H and O–H groups in total. The van der Waals surface area contributed by atoms with Crippen LogP contribution in [0.5, 0.6) is 11.5 Å². The fourth-order valence-electron chi connectivity index (χ4n) is 3.51. The summed E-state index contributed by atoms with van der Waals surface area (Å²) in [5.41, 5.74) is 4.54. The van der Waals surface area contributed by atoms with Gasteiger partial charge in [0.25, 0.3) is 0 Å². The number of rotatable bonds is 2. The SMILES string of the molecule is Cc1c(OC2CCc3cc(C#N)ccc32)ccc2c1OCCC2=O. The van der Waals surface area contributed by atoms with Gasteiger partial charge in [0.2, 0.25) is 0 Å². The van der Waals surface area contributed by atoms with E-state index in [-0.39, 0.29) is 11.9 Å². The van der Waals surface area contributed by atoms with Crippen molar-refractivity contribution in [2.45, 2.75) is 32.3 Å². The van der Waals surface area contributed by atoms with Gasteiger partial charge in [0, 0.05) is 12.0 Å². The molecule has 2 aromatic carbocycles. The van der Waals surface area contributed by atoms with E-state index in [1.165, 1.54) is 5.56 Å². The lowest BCUT2D eigenvalue weighted by Gasteiger charge is -2.22. The van der Waals surface area contributed by atoms with Crippen molar-refractivity contribution in [3.8, 4) is 17.6 Å². The van der Waals surface area contributed by atoms with E-state index in [0.717, 1.165) is 29.7 Å². The molecular weight excluding hydrogens is 302 g/mol. The number of nitrogens with zero attached hydrogens (tertiary/aromatic N) is 1. The number of hydrogen-bond donors (Lipinski definition) is 0. The maximum absolute atomic E-state index is 12.0. The maximum atomic E-state index is 12.0. The Morgan fingerprint density at radius 1 is 1.25 bits per heavy atom. The summed E-state index contributed by atoms with van der Waals surface area (Å²) in [4.78, 5) is 12.0. The van der Waals surface area contributed by atoms with Gasteiger partial charge in [0.15, 0.2) is 5.78 Å². The predicted molar refractivity (Wildman–Crippen MR) is 88.5 cm³/mol. The molecule has 1 unspecified atom stereocenters. The van der Waals surface area contributed by atoms with Crippen LogP contribution in [0.2, 0.25) is 0 Å². The van der Waals surface area contributed by atoms with Crippen molar-refractivity contribution in [3.63, 3.8) is 0 Å². The zero-order chi connectivity index (χ0) is 16.7. The van der Waals surface area contributed by atoms with Crippen molar-refractivity contribution in [3.05, 3.63) is 58.1 Å². The van der Waals surface area contributed by atoms with E-state index in [1.54, 1.807) is 6.07 Å². The molecular formula is C20H17NO3. The molecule has 0 amide bonds. The van der Waals surface area contributed by atoms with Crippen LogP contribution in [0.3, 0.4) is 0 Å². The lowest BCUT2D eigenvalue weighted by molar-refractivity contribution is 0.0932. The van der Waals surface area contributed by atoms with E-state index in [0.29, 0.717) is 29.9 Å². The number of carbonyl (C=O) groups excluding carboxylic acids is 1. The molecule has 1 atom stereocenters. The Hall–Kier alpha value is -2.80. The second kappa shape index (κ2) is 5.68. The topological polar surface area (TPSA) is 59.3 Å². The average Bonchev–Trinajstić information content (AvgIpc) is 3.00. The molecule has 4 nitrogen and oxygen atoms in total. The van der Waals surface area contributed by atoms with Gasteiger partial charge in [0.05, 0.1) is 23.8 Å². The number of nitriles is 1. The molecule has 0 aromatic heterocycles. The van der Waals surface area contributed by atoms with Crippen LogP contribution in [0.15, 0.2) is 30.3 Å². The van der Waals surface area contributed by atoms with Gasteiger partial charge in [-0.2, -0.15) is 5.26 Å². The van der Waals surface area contributed by atoms with Crippen LogP contribution < -0.4 is 9.47 Å². The van der Waals surface area contributed by atoms with E-state index in [2.05, 4.69) is 6.07 Å². The summed E-state index contributed by atoms with van der Waals surface area (Å²) < 4.78 is 11.9. The largest absolute Gasteiger partial charge is 0.492 e. The van der Waals surface area contributed by atoms with Crippen LogP contribution in [0, 0.1) is 18.3 Å². The Balaban J connectivity index is 1.64. The van der Waals surface area contributed by atoms with Gasteiger partial charge in [-0.25, -0.2) is 0 Å². The molecule has 1 aliphatic heterocycles. The van der Waals surface area contributed by atoms with Crippen molar-refractivity contribution >= 4 is 5.78 Å². The third-order valence-corrected chi connectivity index (χ3v) is 4.80. The van der Waals surface area contributed by atoms with Crippen LogP contribution in [0.1, 0.15) is 51.6 Å². The number of ether oxygens (including phenoxy) is 2. The Kier molecular flexibility index (Phi) is 3.50. The molecule has 1 aliphatic carbocycles. The van der Waals surface area contributed by atoms with Gasteiger partial charge in [-0.3, -0.25) is 4.79 Å². The summed E-state index contributed by atoms with van der Waals surface area (Å²) in [6.07, 6.45) is 2.21. The van der Waals surface area contributed by atoms with Crippen molar-refractivity contribution in [2.24, 2.45) is 0 Å². The highest BCUT2D eigenvalue weighted by Crippen LogP contribution is 2.40. The lowest BCUT2D eigenvalue weighted by atomic mass is 10.0. The molecule has 1 heterocycles. The molecule has 120 valence electrons. The number of carbonyl (C=O) groups is 1. The number of fused-ring (bicyclic) bond motifs is 2. The Labute approximate surface area is 140 Å². The van der Waals surface area contributed by atoms with Crippen LogP contribution in [0.25, 0.3) is 0 Å². The molecule has 2 aliphatic rings. The summed E-state index contributed by atoms with van der Waals surface area (Å²) in [7, 11) is 0. The van der Waals surface area contributed by atoms with Gasteiger partial charge in [0.1, 0.15) is 17.6 Å². The number of hydrogen-bond acceptors (Lipinski definition) is 4. The standard InChI is InChI=1S/C20H17NO3/c1-12-18(7-5-16-17(22)8-9-23-20(12)16)24-19-6-3-14-10-13(11-21)2-4-15(14)19/h2,4-5,7,10,19H,3,6,8-9H2,1H3. The van der Waals surface area contributed by atoms with Crippen LogP contribution in [-0.4, -0.2) is 12.4 Å². The number of benzene rings is 2. The Bertz CT molecular complexity index is 879. The zero-order valence-electron chi connectivity index (χ0n) is 13.5. The fraction of sp³-hybridized carbons (Fsp3) is 0.300. The van der Waals surface area contributed by atoms with E-state index in [4.69, 9.17) is 14.7 Å². The van der Waals surface area contributed by atoms with Gasteiger partial charge in [-0.15, -0.1) is 0 Å². The van der Waals surface area contributed by atoms with Crippen LogP contribution in [0.4, 0.5) is 0 Å². The molecule has 0 fully saturated rings. The van der Waals surface area contributed by atoms with Crippen LogP contribution in [-0.2, 0) is 6.42 Å². The van der Waals surface area contributed by atoms with E-state index in [1.807, 2.05) is 31.2 Å². The third-order valence-electron chi connectivity index (χ3n) is 4.80. The molecule has 4 rings (SSSR count). The summed E-state index contributed by atoms with van der Waals surface area (Å²) >= 11 is 0. The second-order valence-electron chi connectivity index (χ2n) is 6.26. The summed E-state index contributed by atoms with van der Waals surface area (Å²) in [5.74, 6) is 1.54.